The third kappa shape index (κ3) is 2.73. The van der Waals surface area contributed by atoms with Crippen LogP contribution in [0.15, 0.2) is 47.4 Å². The molecule has 1 fully saturated rings. The van der Waals surface area contributed by atoms with Crippen molar-refractivity contribution in [2.45, 2.75) is 29.7 Å². The molecule has 0 bridgehead atoms. The Bertz CT molecular complexity index is 966. The monoisotopic (exact) mass is 360 g/mol. The largest absolute Gasteiger partial charge is 0.315 e. The summed E-state index contributed by atoms with van der Waals surface area (Å²) in [5.41, 5.74) is 1.54. The number of halogens is 1. The fraction of sp³-hybridized carbons (Fsp3) is 0.278. The number of nitrogens with zero attached hydrogens (tertiary/aromatic N) is 1. The summed E-state index contributed by atoms with van der Waals surface area (Å²) in [6.07, 6.45) is 1.55. The predicted octanol–water partition coefficient (Wildman–Crippen LogP) is 2.31. The Balaban J connectivity index is 1.64. The van der Waals surface area contributed by atoms with Crippen molar-refractivity contribution in [1.29, 1.82) is 0 Å². The standard InChI is InChI=1S/C18H17FN2O3S/c1-21-16-7-6-15(10-12(16)11-17(21)22)25(23,24)20-18(8-9-18)13-2-4-14(19)5-3-13/h2-7,10,20H,8-9,11H2,1H3. The zero-order chi connectivity index (χ0) is 17.8. The number of fused-ring (bicyclic) bond motifs is 1. The van der Waals surface area contributed by atoms with Gasteiger partial charge in [0, 0.05) is 12.7 Å². The Kier molecular flexibility index (Phi) is 3.49. The Morgan fingerprint density at radius 2 is 1.80 bits per heavy atom. The molecule has 1 aliphatic carbocycles. The lowest BCUT2D eigenvalue weighted by Gasteiger charge is -2.18. The lowest BCUT2D eigenvalue weighted by molar-refractivity contribution is -0.117. The van der Waals surface area contributed by atoms with E-state index in [1.807, 2.05) is 0 Å². The second kappa shape index (κ2) is 5.37. The van der Waals surface area contributed by atoms with Crippen molar-refractivity contribution in [3.05, 3.63) is 59.4 Å². The predicted molar refractivity (Wildman–Crippen MR) is 91.2 cm³/mol. The maximum absolute atomic E-state index is 13.1. The van der Waals surface area contributed by atoms with E-state index in [1.54, 1.807) is 31.3 Å². The topological polar surface area (TPSA) is 66.5 Å². The highest BCUT2D eigenvalue weighted by atomic mass is 32.2. The molecule has 1 heterocycles. The fourth-order valence-electron chi connectivity index (χ4n) is 3.27. The lowest BCUT2D eigenvalue weighted by Crippen LogP contribution is -2.34. The molecule has 0 spiro atoms. The molecule has 2 aliphatic rings. The van der Waals surface area contributed by atoms with Gasteiger partial charge >= 0.3 is 0 Å². The molecule has 1 N–H and O–H groups in total. The first-order valence-corrected chi connectivity index (χ1v) is 9.49. The summed E-state index contributed by atoms with van der Waals surface area (Å²) in [4.78, 5) is 13.4. The number of carbonyl (C=O) groups excluding carboxylic acids is 1. The average molecular weight is 360 g/mol. The zero-order valence-electron chi connectivity index (χ0n) is 13.6. The first-order valence-electron chi connectivity index (χ1n) is 8.00. The average Bonchev–Trinajstić information content (AvgIpc) is 3.28. The van der Waals surface area contributed by atoms with Gasteiger partial charge in [-0.25, -0.2) is 17.5 Å². The molecule has 130 valence electrons. The van der Waals surface area contributed by atoms with E-state index in [0.717, 1.165) is 11.3 Å². The molecule has 2 aromatic rings. The highest BCUT2D eigenvalue weighted by Crippen LogP contribution is 2.46. The normalized spacial score (nSPS) is 18.3. The number of amides is 1. The van der Waals surface area contributed by atoms with Crippen LogP contribution in [-0.4, -0.2) is 21.4 Å². The van der Waals surface area contributed by atoms with Crippen LogP contribution < -0.4 is 9.62 Å². The molecule has 0 unspecified atom stereocenters. The van der Waals surface area contributed by atoms with E-state index in [1.165, 1.54) is 23.1 Å². The third-order valence-electron chi connectivity index (χ3n) is 4.91. The van der Waals surface area contributed by atoms with E-state index in [0.29, 0.717) is 18.4 Å². The summed E-state index contributed by atoms with van der Waals surface area (Å²) in [5, 5.41) is 0. The molecule has 0 radical (unpaired) electrons. The molecule has 7 heteroatoms. The van der Waals surface area contributed by atoms with Gasteiger partial charge < -0.3 is 4.90 Å². The van der Waals surface area contributed by atoms with Crippen molar-refractivity contribution in [3.63, 3.8) is 0 Å². The third-order valence-corrected chi connectivity index (χ3v) is 6.45. The SMILES string of the molecule is CN1C(=O)Cc2cc(S(=O)(=O)NC3(c4ccc(F)cc4)CC3)ccc21. The first kappa shape index (κ1) is 16.2. The van der Waals surface area contributed by atoms with E-state index in [4.69, 9.17) is 0 Å². The van der Waals surface area contributed by atoms with Crippen LogP contribution in [0.2, 0.25) is 0 Å². The molecule has 2 aromatic carbocycles. The maximum atomic E-state index is 13.1. The van der Waals surface area contributed by atoms with Crippen molar-refractivity contribution in [1.82, 2.24) is 4.72 Å². The highest BCUT2D eigenvalue weighted by Gasteiger charge is 2.47. The quantitative estimate of drug-likeness (QED) is 0.910. The van der Waals surface area contributed by atoms with E-state index < -0.39 is 15.6 Å². The van der Waals surface area contributed by atoms with Crippen LogP contribution >= 0.6 is 0 Å². The molecule has 5 nitrogen and oxygen atoms in total. The minimum Gasteiger partial charge on any atom is -0.315 e. The van der Waals surface area contributed by atoms with Crippen LogP contribution in [0.5, 0.6) is 0 Å². The summed E-state index contributed by atoms with van der Waals surface area (Å²) in [6.45, 7) is 0. The Morgan fingerprint density at radius 1 is 1.12 bits per heavy atom. The Morgan fingerprint density at radius 3 is 2.44 bits per heavy atom. The van der Waals surface area contributed by atoms with Crippen LogP contribution in [0.4, 0.5) is 10.1 Å². The van der Waals surface area contributed by atoms with Gasteiger partial charge in [0.2, 0.25) is 15.9 Å². The lowest BCUT2D eigenvalue weighted by atomic mass is 10.1. The van der Waals surface area contributed by atoms with Crippen LogP contribution in [0.25, 0.3) is 0 Å². The molecular weight excluding hydrogens is 343 g/mol. The van der Waals surface area contributed by atoms with E-state index in [9.17, 15) is 17.6 Å². The molecule has 0 aromatic heterocycles. The van der Waals surface area contributed by atoms with Crippen molar-refractivity contribution < 1.29 is 17.6 Å². The molecule has 1 saturated carbocycles. The van der Waals surface area contributed by atoms with Crippen molar-refractivity contribution in [3.8, 4) is 0 Å². The van der Waals surface area contributed by atoms with E-state index in [-0.39, 0.29) is 23.0 Å². The van der Waals surface area contributed by atoms with Crippen molar-refractivity contribution in [2.24, 2.45) is 0 Å². The van der Waals surface area contributed by atoms with Gasteiger partial charge in [0.15, 0.2) is 0 Å². The molecule has 4 rings (SSSR count). The van der Waals surface area contributed by atoms with Gasteiger partial charge in [0.25, 0.3) is 0 Å². The molecule has 1 amide bonds. The number of hydrogen-bond donors (Lipinski definition) is 1. The number of rotatable bonds is 4. The first-order chi connectivity index (χ1) is 11.8. The van der Waals surface area contributed by atoms with Crippen LogP contribution in [0.1, 0.15) is 24.0 Å². The molecular formula is C18H17FN2O3S. The highest BCUT2D eigenvalue weighted by molar-refractivity contribution is 7.89. The number of carbonyl (C=O) groups is 1. The van der Waals surface area contributed by atoms with E-state index in [2.05, 4.69) is 4.72 Å². The van der Waals surface area contributed by atoms with E-state index >= 15 is 0 Å². The van der Waals surface area contributed by atoms with Crippen LogP contribution in [0, 0.1) is 5.82 Å². The number of sulfonamides is 1. The zero-order valence-corrected chi connectivity index (χ0v) is 14.4. The molecule has 0 atom stereocenters. The van der Waals surface area contributed by atoms with Gasteiger partial charge in [-0.3, -0.25) is 4.79 Å². The van der Waals surface area contributed by atoms with Gasteiger partial charge in [-0.15, -0.1) is 0 Å². The summed E-state index contributed by atoms with van der Waals surface area (Å²) < 4.78 is 41.5. The molecule has 0 saturated heterocycles. The number of likely N-dealkylation sites (N-methyl/N-ethyl adjacent to an activating group) is 1. The number of nitrogens with one attached hydrogen (secondary N) is 1. The smallest absolute Gasteiger partial charge is 0.241 e. The van der Waals surface area contributed by atoms with Gasteiger partial charge in [-0.05, 0) is 54.3 Å². The molecule has 25 heavy (non-hydrogen) atoms. The van der Waals surface area contributed by atoms with Crippen molar-refractivity contribution in [2.75, 3.05) is 11.9 Å². The second-order valence-electron chi connectivity index (χ2n) is 6.61. The summed E-state index contributed by atoms with van der Waals surface area (Å²) in [5.74, 6) is -0.405. The molecule has 1 aliphatic heterocycles. The van der Waals surface area contributed by atoms with Gasteiger partial charge in [-0.1, -0.05) is 12.1 Å². The van der Waals surface area contributed by atoms with Crippen LogP contribution in [-0.2, 0) is 26.8 Å². The number of benzene rings is 2. The maximum Gasteiger partial charge on any atom is 0.241 e. The van der Waals surface area contributed by atoms with Gasteiger partial charge in [0.1, 0.15) is 5.82 Å². The summed E-state index contributed by atoms with van der Waals surface area (Å²) in [6, 6.07) is 10.6. The Labute approximate surface area is 145 Å². The minimum absolute atomic E-state index is 0.0533. The van der Waals surface area contributed by atoms with Gasteiger partial charge in [-0.2, -0.15) is 0 Å². The van der Waals surface area contributed by atoms with Crippen LogP contribution in [0.3, 0.4) is 0 Å². The van der Waals surface area contributed by atoms with Crippen molar-refractivity contribution >= 4 is 21.6 Å². The summed E-state index contributed by atoms with van der Waals surface area (Å²) in [7, 11) is -2.07. The number of anilines is 1. The number of hydrogen-bond acceptors (Lipinski definition) is 3. The fourth-order valence-corrected chi connectivity index (χ4v) is 4.77. The summed E-state index contributed by atoms with van der Waals surface area (Å²) >= 11 is 0. The Hall–Kier alpha value is -2.25. The second-order valence-corrected chi connectivity index (χ2v) is 8.30. The van der Waals surface area contributed by atoms with Gasteiger partial charge in [0.05, 0.1) is 16.9 Å². The minimum atomic E-state index is -3.74.